The van der Waals surface area contributed by atoms with Gasteiger partial charge in [0.15, 0.2) is 5.82 Å². The van der Waals surface area contributed by atoms with Crippen LogP contribution in [0.25, 0.3) is 11.5 Å². The van der Waals surface area contributed by atoms with E-state index in [1.165, 1.54) is 11.1 Å². The molecule has 0 aliphatic carbocycles. The number of hydrogen-bond donors (Lipinski definition) is 1. The molecule has 1 aromatic heterocycles. The summed E-state index contributed by atoms with van der Waals surface area (Å²) >= 11 is 0. The molecule has 1 aliphatic rings. The largest absolute Gasteiger partial charge is 0.334 e. The van der Waals surface area contributed by atoms with Crippen molar-refractivity contribution in [2.24, 2.45) is 0 Å². The second kappa shape index (κ2) is 5.73. The van der Waals surface area contributed by atoms with Crippen LogP contribution in [0.1, 0.15) is 17.0 Å². The molecular formula is C15H20N4O. The smallest absolute Gasteiger partial charge is 0.258 e. The highest BCUT2D eigenvalue weighted by Gasteiger charge is 2.15. The summed E-state index contributed by atoms with van der Waals surface area (Å²) in [6.07, 6.45) is 0. The van der Waals surface area contributed by atoms with Crippen LogP contribution in [0.15, 0.2) is 22.7 Å². The van der Waals surface area contributed by atoms with Gasteiger partial charge in [-0.15, -0.1) is 0 Å². The molecule has 1 fully saturated rings. The zero-order valence-electron chi connectivity index (χ0n) is 12.0. The lowest BCUT2D eigenvalue weighted by Crippen LogP contribution is -2.43. The summed E-state index contributed by atoms with van der Waals surface area (Å²) in [5.41, 5.74) is 3.43. The molecule has 0 unspecified atom stereocenters. The topological polar surface area (TPSA) is 54.2 Å². The fraction of sp³-hybridized carbons (Fsp3) is 0.467. The molecule has 1 aromatic carbocycles. The van der Waals surface area contributed by atoms with E-state index in [1.54, 1.807) is 0 Å². The van der Waals surface area contributed by atoms with Gasteiger partial charge in [-0.3, -0.25) is 4.90 Å². The highest BCUT2D eigenvalue weighted by Crippen LogP contribution is 2.22. The van der Waals surface area contributed by atoms with Gasteiger partial charge in [-0.05, 0) is 25.5 Å². The van der Waals surface area contributed by atoms with Crippen molar-refractivity contribution in [3.63, 3.8) is 0 Å². The highest BCUT2D eigenvalue weighted by molar-refractivity contribution is 5.58. The standard InChI is InChI=1S/C15H20N4O/c1-11-3-4-13(12(2)9-11)15-17-14(18-20-15)10-19-7-5-16-6-8-19/h3-4,9,16H,5-8,10H2,1-2H3. The maximum atomic E-state index is 5.41. The first kappa shape index (κ1) is 13.3. The fourth-order valence-corrected chi connectivity index (χ4v) is 2.55. The van der Waals surface area contributed by atoms with Gasteiger partial charge in [0.2, 0.25) is 0 Å². The average Bonchev–Trinajstić information content (AvgIpc) is 2.88. The van der Waals surface area contributed by atoms with E-state index in [1.807, 2.05) is 6.07 Å². The van der Waals surface area contributed by atoms with Gasteiger partial charge < -0.3 is 9.84 Å². The van der Waals surface area contributed by atoms with Crippen LogP contribution in [0, 0.1) is 13.8 Å². The van der Waals surface area contributed by atoms with Gasteiger partial charge in [0.25, 0.3) is 5.89 Å². The minimum absolute atomic E-state index is 0.618. The van der Waals surface area contributed by atoms with E-state index in [0.717, 1.165) is 44.1 Å². The molecule has 0 amide bonds. The molecule has 0 radical (unpaired) electrons. The zero-order chi connectivity index (χ0) is 13.9. The molecule has 2 aromatic rings. The van der Waals surface area contributed by atoms with Gasteiger partial charge in [0.1, 0.15) is 0 Å². The lowest BCUT2D eigenvalue weighted by Gasteiger charge is -2.25. The lowest BCUT2D eigenvalue weighted by molar-refractivity contribution is 0.225. The van der Waals surface area contributed by atoms with Crippen molar-refractivity contribution >= 4 is 0 Å². The first-order valence-corrected chi connectivity index (χ1v) is 7.05. The highest BCUT2D eigenvalue weighted by atomic mass is 16.5. The van der Waals surface area contributed by atoms with E-state index in [0.29, 0.717) is 5.89 Å². The van der Waals surface area contributed by atoms with Crippen LogP contribution in [0.5, 0.6) is 0 Å². The van der Waals surface area contributed by atoms with Crippen LogP contribution < -0.4 is 5.32 Å². The molecule has 5 nitrogen and oxygen atoms in total. The van der Waals surface area contributed by atoms with Crippen LogP contribution in [-0.4, -0.2) is 41.2 Å². The molecular weight excluding hydrogens is 252 g/mol. The molecule has 0 spiro atoms. The molecule has 0 atom stereocenters. The number of rotatable bonds is 3. The summed E-state index contributed by atoms with van der Waals surface area (Å²) < 4.78 is 5.41. The molecule has 1 saturated heterocycles. The molecule has 20 heavy (non-hydrogen) atoms. The number of piperazine rings is 1. The van der Waals surface area contributed by atoms with Crippen molar-refractivity contribution < 1.29 is 4.52 Å². The Kier molecular flexibility index (Phi) is 3.80. The molecule has 106 valence electrons. The minimum Gasteiger partial charge on any atom is -0.334 e. The number of aromatic nitrogens is 2. The predicted molar refractivity (Wildman–Crippen MR) is 77.4 cm³/mol. The van der Waals surface area contributed by atoms with Gasteiger partial charge in [-0.25, -0.2) is 0 Å². The van der Waals surface area contributed by atoms with Crippen molar-refractivity contribution in [3.8, 4) is 11.5 Å². The second-order valence-corrected chi connectivity index (χ2v) is 5.36. The number of nitrogens with one attached hydrogen (secondary N) is 1. The number of aryl methyl sites for hydroxylation is 2. The Labute approximate surface area is 119 Å². The summed E-state index contributed by atoms with van der Waals surface area (Å²) in [5.74, 6) is 1.38. The number of nitrogens with zero attached hydrogens (tertiary/aromatic N) is 3. The van der Waals surface area contributed by atoms with E-state index in [9.17, 15) is 0 Å². The molecule has 3 rings (SSSR count). The summed E-state index contributed by atoms with van der Waals surface area (Å²) in [4.78, 5) is 6.87. The van der Waals surface area contributed by atoms with Crippen LogP contribution in [0.2, 0.25) is 0 Å². The molecule has 0 saturated carbocycles. The molecule has 2 heterocycles. The summed E-state index contributed by atoms with van der Waals surface area (Å²) in [6, 6.07) is 6.25. The normalized spacial score (nSPS) is 16.5. The summed E-state index contributed by atoms with van der Waals surface area (Å²) in [7, 11) is 0. The fourth-order valence-electron chi connectivity index (χ4n) is 2.55. The number of benzene rings is 1. The van der Waals surface area contributed by atoms with Crippen LogP contribution in [-0.2, 0) is 6.54 Å². The third-order valence-corrected chi connectivity index (χ3v) is 3.66. The minimum atomic E-state index is 0.618. The van der Waals surface area contributed by atoms with E-state index in [4.69, 9.17) is 4.52 Å². The van der Waals surface area contributed by atoms with Gasteiger partial charge in [-0.1, -0.05) is 22.9 Å². The Bertz CT molecular complexity index is 587. The first-order valence-electron chi connectivity index (χ1n) is 7.05. The Balaban J connectivity index is 1.75. The molecule has 1 N–H and O–H groups in total. The van der Waals surface area contributed by atoms with Crippen molar-refractivity contribution in [1.29, 1.82) is 0 Å². The van der Waals surface area contributed by atoms with Crippen molar-refractivity contribution in [1.82, 2.24) is 20.4 Å². The van der Waals surface area contributed by atoms with Gasteiger partial charge in [-0.2, -0.15) is 4.98 Å². The lowest BCUT2D eigenvalue weighted by atomic mass is 10.1. The zero-order valence-corrected chi connectivity index (χ0v) is 12.0. The SMILES string of the molecule is Cc1ccc(-c2nc(CN3CCNCC3)no2)c(C)c1. The monoisotopic (exact) mass is 272 g/mol. The van der Waals surface area contributed by atoms with Gasteiger partial charge >= 0.3 is 0 Å². The second-order valence-electron chi connectivity index (χ2n) is 5.36. The van der Waals surface area contributed by atoms with E-state index in [2.05, 4.69) is 46.3 Å². The Morgan fingerprint density at radius 2 is 2.05 bits per heavy atom. The molecule has 0 bridgehead atoms. The maximum absolute atomic E-state index is 5.41. The predicted octanol–water partition coefficient (Wildman–Crippen LogP) is 1.76. The summed E-state index contributed by atoms with van der Waals surface area (Å²) in [5, 5.41) is 7.44. The van der Waals surface area contributed by atoms with Crippen molar-refractivity contribution in [2.75, 3.05) is 26.2 Å². The third-order valence-electron chi connectivity index (χ3n) is 3.66. The van der Waals surface area contributed by atoms with Crippen LogP contribution in [0.4, 0.5) is 0 Å². The Morgan fingerprint density at radius 1 is 1.25 bits per heavy atom. The first-order chi connectivity index (χ1) is 9.72. The average molecular weight is 272 g/mol. The van der Waals surface area contributed by atoms with Crippen LogP contribution in [0.3, 0.4) is 0 Å². The van der Waals surface area contributed by atoms with Gasteiger partial charge in [0.05, 0.1) is 6.54 Å². The maximum Gasteiger partial charge on any atom is 0.258 e. The van der Waals surface area contributed by atoms with E-state index < -0.39 is 0 Å². The van der Waals surface area contributed by atoms with E-state index in [-0.39, 0.29) is 0 Å². The van der Waals surface area contributed by atoms with Gasteiger partial charge in [0, 0.05) is 31.7 Å². The Hall–Kier alpha value is -1.72. The molecule has 1 aliphatic heterocycles. The van der Waals surface area contributed by atoms with Crippen LogP contribution >= 0.6 is 0 Å². The quantitative estimate of drug-likeness (QED) is 0.922. The molecule has 5 heteroatoms. The third kappa shape index (κ3) is 2.89. The Morgan fingerprint density at radius 3 is 2.80 bits per heavy atom. The van der Waals surface area contributed by atoms with Crippen molar-refractivity contribution in [3.05, 3.63) is 35.2 Å². The summed E-state index contributed by atoms with van der Waals surface area (Å²) in [6.45, 7) is 9.05. The van der Waals surface area contributed by atoms with E-state index >= 15 is 0 Å². The number of hydrogen-bond acceptors (Lipinski definition) is 5. The van der Waals surface area contributed by atoms with Crippen molar-refractivity contribution in [2.45, 2.75) is 20.4 Å².